The molecule has 1 aliphatic rings. The Hall–Kier alpha value is -3.39. The van der Waals surface area contributed by atoms with E-state index in [1.54, 1.807) is 24.8 Å². The first-order valence-electron chi connectivity index (χ1n) is 11.8. The minimum Gasteiger partial charge on any atom is -0.507 e. The predicted octanol–water partition coefficient (Wildman–Crippen LogP) is 4.12. The van der Waals surface area contributed by atoms with Crippen molar-refractivity contribution in [3.8, 4) is 28.6 Å². The number of carbonyl (C=O) groups excluding carboxylic acids is 1. The molecule has 1 fully saturated rings. The Morgan fingerprint density at radius 1 is 1.12 bits per heavy atom. The number of amides is 1. The van der Waals surface area contributed by atoms with Gasteiger partial charge in [-0.1, -0.05) is 32.4 Å². The van der Waals surface area contributed by atoms with E-state index in [1.807, 2.05) is 18.2 Å². The largest absolute Gasteiger partial charge is 0.507 e. The van der Waals surface area contributed by atoms with Crippen LogP contribution < -0.4 is 10.1 Å². The summed E-state index contributed by atoms with van der Waals surface area (Å²) in [6.45, 7) is 7.29. The summed E-state index contributed by atoms with van der Waals surface area (Å²) in [6, 6.07) is 11.6. The van der Waals surface area contributed by atoms with E-state index in [2.05, 4.69) is 46.4 Å². The van der Waals surface area contributed by atoms with E-state index in [0.717, 1.165) is 30.9 Å². The van der Waals surface area contributed by atoms with Gasteiger partial charge < -0.3 is 15.2 Å². The number of hydrogen-bond acceptors (Lipinski definition) is 6. The van der Waals surface area contributed by atoms with Crippen molar-refractivity contribution >= 4 is 5.91 Å². The van der Waals surface area contributed by atoms with E-state index in [9.17, 15) is 9.90 Å². The Labute approximate surface area is 200 Å². The number of aromatic nitrogens is 3. The zero-order valence-electron chi connectivity index (χ0n) is 20.3. The first-order chi connectivity index (χ1) is 16.4. The summed E-state index contributed by atoms with van der Waals surface area (Å²) in [6.07, 6.45) is 3.81. The maximum absolute atomic E-state index is 12.6. The van der Waals surface area contributed by atoms with Crippen LogP contribution in [0.4, 0.5) is 0 Å². The van der Waals surface area contributed by atoms with Crippen molar-refractivity contribution < 1.29 is 14.6 Å². The SMILES string of the molecule is CNC(=O)c1nnc(-c2cc(C(C)C)c(OC)cc2O)n1-c1ccc(CN2CCCCC2)cc1. The average molecular weight is 464 g/mol. The van der Waals surface area contributed by atoms with Gasteiger partial charge in [0, 0.05) is 25.3 Å². The summed E-state index contributed by atoms with van der Waals surface area (Å²) in [5.74, 6) is 0.981. The lowest BCUT2D eigenvalue weighted by Crippen LogP contribution is -2.29. The second kappa shape index (κ2) is 10.3. The van der Waals surface area contributed by atoms with E-state index in [1.165, 1.54) is 24.8 Å². The zero-order valence-corrected chi connectivity index (χ0v) is 20.3. The minimum absolute atomic E-state index is 0.0140. The van der Waals surface area contributed by atoms with Crippen molar-refractivity contribution in [3.63, 3.8) is 0 Å². The molecule has 34 heavy (non-hydrogen) atoms. The number of hydrogen-bond donors (Lipinski definition) is 2. The van der Waals surface area contributed by atoms with Gasteiger partial charge in [0.1, 0.15) is 11.5 Å². The van der Waals surface area contributed by atoms with Crippen LogP contribution in [0, 0.1) is 0 Å². The molecule has 180 valence electrons. The zero-order chi connectivity index (χ0) is 24.2. The molecule has 0 unspecified atom stereocenters. The molecule has 1 aromatic heterocycles. The van der Waals surface area contributed by atoms with Crippen LogP contribution in [0.15, 0.2) is 36.4 Å². The molecule has 0 bridgehead atoms. The number of phenolic OH excluding ortho intramolecular Hbond substituents is 1. The Kier molecular flexibility index (Phi) is 7.17. The Balaban J connectivity index is 1.77. The van der Waals surface area contributed by atoms with Gasteiger partial charge in [-0.2, -0.15) is 0 Å². The number of likely N-dealkylation sites (tertiary alicyclic amines) is 1. The number of nitrogens with zero attached hydrogens (tertiary/aromatic N) is 4. The molecule has 0 aliphatic carbocycles. The third kappa shape index (κ3) is 4.77. The van der Waals surface area contributed by atoms with Gasteiger partial charge >= 0.3 is 0 Å². The molecular weight excluding hydrogens is 430 g/mol. The number of methoxy groups -OCH3 is 1. The second-order valence-corrected chi connectivity index (χ2v) is 9.03. The van der Waals surface area contributed by atoms with Crippen LogP contribution in [-0.4, -0.2) is 57.9 Å². The Morgan fingerprint density at radius 2 is 1.82 bits per heavy atom. The summed E-state index contributed by atoms with van der Waals surface area (Å²) < 4.78 is 7.15. The van der Waals surface area contributed by atoms with Crippen molar-refractivity contribution in [2.24, 2.45) is 0 Å². The molecule has 1 aliphatic heterocycles. The van der Waals surface area contributed by atoms with E-state index in [0.29, 0.717) is 17.1 Å². The molecule has 0 radical (unpaired) electrons. The number of nitrogens with one attached hydrogen (secondary N) is 1. The highest BCUT2D eigenvalue weighted by Gasteiger charge is 2.24. The van der Waals surface area contributed by atoms with E-state index in [-0.39, 0.29) is 23.4 Å². The molecule has 0 atom stereocenters. The lowest BCUT2D eigenvalue weighted by molar-refractivity contribution is 0.0951. The number of phenols is 1. The van der Waals surface area contributed by atoms with E-state index < -0.39 is 0 Å². The summed E-state index contributed by atoms with van der Waals surface area (Å²) in [5.41, 5.74) is 3.39. The number of piperidine rings is 1. The van der Waals surface area contributed by atoms with Crippen LogP contribution in [0.3, 0.4) is 0 Å². The molecule has 2 N–H and O–H groups in total. The maximum atomic E-state index is 12.6. The molecule has 1 amide bonds. The van der Waals surface area contributed by atoms with Crippen LogP contribution in [0.25, 0.3) is 17.1 Å². The lowest BCUT2D eigenvalue weighted by atomic mass is 9.98. The highest BCUT2D eigenvalue weighted by molar-refractivity contribution is 5.92. The summed E-state index contributed by atoms with van der Waals surface area (Å²) >= 11 is 0. The fourth-order valence-corrected chi connectivity index (χ4v) is 4.48. The lowest BCUT2D eigenvalue weighted by Gasteiger charge is -2.26. The van der Waals surface area contributed by atoms with Crippen LogP contribution in [0.1, 0.15) is 60.8 Å². The molecule has 8 nitrogen and oxygen atoms in total. The molecule has 0 saturated carbocycles. The summed E-state index contributed by atoms with van der Waals surface area (Å²) in [5, 5.41) is 21.9. The normalized spacial score (nSPS) is 14.4. The highest BCUT2D eigenvalue weighted by Crippen LogP contribution is 2.38. The van der Waals surface area contributed by atoms with Gasteiger partial charge in [-0.25, -0.2) is 0 Å². The first-order valence-corrected chi connectivity index (χ1v) is 11.8. The maximum Gasteiger partial charge on any atom is 0.289 e. The number of ether oxygens (including phenoxy) is 1. The number of aromatic hydroxyl groups is 1. The van der Waals surface area contributed by atoms with Gasteiger partial charge in [0.25, 0.3) is 5.91 Å². The van der Waals surface area contributed by atoms with Crippen LogP contribution in [0.2, 0.25) is 0 Å². The topological polar surface area (TPSA) is 92.5 Å². The predicted molar refractivity (Wildman–Crippen MR) is 132 cm³/mol. The number of carbonyl (C=O) groups is 1. The van der Waals surface area contributed by atoms with Crippen molar-refractivity contribution in [1.82, 2.24) is 25.0 Å². The highest BCUT2D eigenvalue weighted by atomic mass is 16.5. The van der Waals surface area contributed by atoms with Gasteiger partial charge in [-0.15, -0.1) is 10.2 Å². The molecule has 2 aromatic carbocycles. The Bertz CT molecular complexity index is 1150. The Morgan fingerprint density at radius 3 is 2.44 bits per heavy atom. The quantitative estimate of drug-likeness (QED) is 0.548. The fourth-order valence-electron chi connectivity index (χ4n) is 4.48. The third-order valence-corrected chi connectivity index (χ3v) is 6.35. The summed E-state index contributed by atoms with van der Waals surface area (Å²) in [7, 11) is 3.14. The van der Waals surface area contributed by atoms with Crippen molar-refractivity contribution in [2.45, 2.75) is 45.6 Å². The van der Waals surface area contributed by atoms with Gasteiger partial charge in [0.05, 0.1) is 12.7 Å². The van der Waals surface area contributed by atoms with Crippen LogP contribution in [0.5, 0.6) is 11.5 Å². The van der Waals surface area contributed by atoms with Gasteiger partial charge in [-0.05, 0) is 61.2 Å². The minimum atomic E-state index is -0.353. The van der Waals surface area contributed by atoms with Crippen LogP contribution in [-0.2, 0) is 6.54 Å². The average Bonchev–Trinajstić information content (AvgIpc) is 3.29. The molecule has 4 rings (SSSR count). The van der Waals surface area contributed by atoms with Crippen molar-refractivity contribution in [2.75, 3.05) is 27.2 Å². The summed E-state index contributed by atoms with van der Waals surface area (Å²) in [4.78, 5) is 15.1. The van der Waals surface area contributed by atoms with Gasteiger partial charge in [-0.3, -0.25) is 14.3 Å². The van der Waals surface area contributed by atoms with Crippen molar-refractivity contribution in [3.05, 3.63) is 53.3 Å². The smallest absolute Gasteiger partial charge is 0.289 e. The third-order valence-electron chi connectivity index (χ3n) is 6.35. The van der Waals surface area contributed by atoms with Gasteiger partial charge in [0.2, 0.25) is 5.82 Å². The molecule has 2 heterocycles. The number of rotatable bonds is 7. The molecule has 8 heteroatoms. The standard InChI is InChI=1S/C26H33N5O3/c1-17(2)20-14-21(22(32)15-23(20)34-4)24-28-29-25(26(33)27-3)31(24)19-10-8-18(9-11-19)16-30-12-6-5-7-13-30/h8-11,14-15,17,32H,5-7,12-13,16H2,1-4H3,(H,27,33). The molecule has 0 spiro atoms. The van der Waals surface area contributed by atoms with E-state index >= 15 is 0 Å². The number of benzene rings is 2. The molecule has 3 aromatic rings. The van der Waals surface area contributed by atoms with Crippen LogP contribution >= 0.6 is 0 Å². The van der Waals surface area contributed by atoms with Crippen molar-refractivity contribution in [1.29, 1.82) is 0 Å². The van der Waals surface area contributed by atoms with Gasteiger partial charge in [0.15, 0.2) is 5.82 Å². The first kappa shape index (κ1) is 23.8. The fraction of sp³-hybridized carbons (Fsp3) is 0.423. The second-order valence-electron chi connectivity index (χ2n) is 9.03. The monoisotopic (exact) mass is 463 g/mol. The molecular formula is C26H33N5O3. The molecule has 1 saturated heterocycles. The van der Waals surface area contributed by atoms with E-state index in [4.69, 9.17) is 4.74 Å².